The minimum atomic E-state index is -3.54. The fourth-order valence-corrected chi connectivity index (χ4v) is 6.96. The second-order valence-corrected chi connectivity index (χ2v) is 11.7. The molecule has 2 aliphatic heterocycles. The van der Waals surface area contributed by atoms with E-state index in [1.165, 1.54) is 15.6 Å². The Balaban J connectivity index is 1.35. The van der Waals surface area contributed by atoms with Crippen LogP contribution in [0.2, 0.25) is 0 Å². The average molecular weight is 526 g/mol. The van der Waals surface area contributed by atoms with Crippen LogP contribution in [0.15, 0.2) is 74.3 Å². The smallest absolute Gasteiger partial charge is 0.243 e. The standard InChI is InChI=1S/C26H27N3O5S2/c30-36(31,28-11-14-32-15-12-28)22-9-7-20(8-10-22)27-26-29(17-21-5-3-13-33-21)23(18-35-26)25-16-19-4-1-2-6-24(19)34-25/h1-2,4,6-10,16,18,21H,3,5,11-15,17H2. The van der Waals surface area contributed by atoms with Gasteiger partial charge in [-0.2, -0.15) is 4.31 Å². The molecule has 188 valence electrons. The number of furan rings is 1. The fourth-order valence-electron chi connectivity index (χ4n) is 4.63. The van der Waals surface area contributed by atoms with E-state index < -0.39 is 10.0 Å². The molecule has 4 heterocycles. The lowest BCUT2D eigenvalue weighted by molar-refractivity contribution is 0.0730. The lowest BCUT2D eigenvalue weighted by Crippen LogP contribution is -2.40. The van der Waals surface area contributed by atoms with Gasteiger partial charge in [0.25, 0.3) is 0 Å². The molecule has 2 aromatic carbocycles. The largest absolute Gasteiger partial charge is 0.454 e. The Hall–Kier alpha value is -2.76. The number of thiazole rings is 1. The van der Waals surface area contributed by atoms with Crippen LogP contribution < -0.4 is 4.80 Å². The van der Waals surface area contributed by atoms with Crippen LogP contribution in [0, 0.1) is 0 Å². The molecule has 2 saturated heterocycles. The molecule has 0 N–H and O–H groups in total. The number of nitrogens with zero attached hydrogens (tertiary/aromatic N) is 3. The van der Waals surface area contributed by atoms with Crippen LogP contribution in [-0.4, -0.2) is 56.3 Å². The van der Waals surface area contributed by atoms with E-state index in [0.29, 0.717) is 38.5 Å². The number of hydrogen-bond donors (Lipinski definition) is 0. The van der Waals surface area contributed by atoms with Crippen molar-refractivity contribution in [2.45, 2.75) is 30.4 Å². The van der Waals surface area contributed by atoms with Gasteiger partial charge in [-0.1, -0.05) is 18.2 Å². The van der Waals surface area contributed by atoms with Crippen LogP contribution in [0.3, 0.4) is 0 Å². The van der Waals surface area contributed by atoms with Gasteiger partial charge >= 0.3 is 0 Å². The summed E-state index contributed by atoms with van der Waals surface area (Å²) in [6, 6.07) is 16.8. The van der Waals surface area contributed by atoms with Crippen LogP contribution >= 0.6 is 11.3 Å². The van der Waals surface area contributed by atoms with Gasteiger partial charge in [0.1, 0.15) is 5.58 Å². The second kappa shape index (κ2) is 9.95. The summed E-state index contributed by atoms with van der Waals surface area (Å²) in [6.07, 6.45) is 2.19. The highest BCUT2D eigenvalue weighted by atomic mass is 32.2. The molecular formula is C26H27N3O5S2. The molecule has 0 amide bonds. The van der Waals surface area contributed by atoms with Gasteiger partial charge in [0.05, 0.1) is 42.1 Å². The molecule has 1 unspecified atom stereocenters. The molecule has 4 aromatic rings. The predicted molar refractivity (Wildman–Crippen MR) is 138 cm³/mol. The molecule has 2 aliphatic rings. The van der Waals surface area contributed by atoms with Crippen molar-refractivity contribution in [3.05, 3.63) is 64.8 Å². The third-order valence-electron chi connectivity index (χ3n) is 6.56. The molecule has 6 rings (SSSR count). The van der Waals surface area contributed by atoms with Crippen molar-refractivity contribution in [3.63, 3.8) is 0 Å². The number of sulfonamides is 1. The van der Waals surface area contributed by atoms with Crippen LogP contribution in [0.25, 0.3) is 22.4 Å². The van der Waals surface area contributed by atoms with Gasteiger partial charge in [0.2, 0.25) is 10.0 Å². The van der Waals surface area contributed by atoms with Gasteiger partial charge in [-0.15, -0.1) is 11.3 Å². The Morgan fingerprint density at radius 2 is 1.83 bits per heavy atom. The number of hydrogen-bond acceptors (Lipinski definition) is 7. The molecule has 10 heteroatoms. The fraction of sp³-hybridized carbons (Fsp3) is 0.346. The summed E-state index contributed by atoms with van der Waals surface area (Å²) < 4.78 is 46.9. The third-order valence-corrected chi connectivity index (χ3v) is 9.33. The summed E-state index contributed by atoms with van der Waals surface area (Å²) in [5.74, 6) is 0.791. The molecule has 0 radical (unpaired) electrons. The Morgan fingerprint density at radius 1 is 1.03 bits per heavy atom. The number of aromatic nitrogens is 1. The Labute approximate surface area is 213 Å². The first kappa shape index (κ1) is 23.6. The van der Waals surface area contributed by atoms with Crippen molar-refractivity contribution in [2.24, 2.45) is 4.99 Å². The zero-order valence-electron chi connectivity index (χ0n) is 19.7. The molecule has 8 nitrogen and oxygen atoms in total. The van der Waals surface area contributed by atoms with Crippen molar-refractivity contribution in [1.82, 2.24) is 8.87 Å². The molecule has 2 fully saturated rings. The van der Waals surface area contributed by atoms with E-state index >= 15 is 0 Å². The number of rotatable bonds is 6. The van der Waals surface area contributed by atoms with E-state index in [1.54, 1.807) is 24.3 Å². The van der Waals surface area contributed by atoms with Crippen LogP contribution in [0.5, 0.6) is 0 Å². The SMILES string of the molecule is O=S(=O)(c1ccc(N=c2scc(-c3cc4ccccc4o3)n2CC2CCCO2)cc1)N1CCOCC1. The van der Waals surface area contributed by atoms with E-state index in [0.717, 1.165) is 46.7 Å². The van der Waals surface area contributed by atoms with Crippen molar-refractivity contribution >= 4 is 38.0 Å². The summed E-state index contributed by atoms with van der Waals surface area (Å²) in [5.41, 5.74) is 2.49. The van der Waals surface area contributed by atoms with E-state index in [-0.39, 0.29) is 11.0 Å². The first-order valence-electron chi connectivity index (χ1n) is 12.1. The molecular weight excluding hydrogens is 498 g/mol. The van der Waals surface area contributed by atoms with Crippen LogP contribution in [-0.2, 0) is 26.0 Å². The Morgan fingerprint density at radius 3 is 2.58 bits per heavy atom. The van der Waals surface area contributed by atoms with Gasteiger partial charge in [-0.25, -0.2) is 13.4 Å². The van der Waals surface area contributed by atoms with Gasteiger partial charge in [0, 0.05) is 30.5 Å². The van der Waals surface area contributed by atoms with Gasteiger partial charge < -0.3 is 18.5 Å². The van der Waals surface area contributed by atoms with Gasteiger partial charge in [0.15, 0.2) is 10.6 Å². The molecule has 0 saturated carbocycles. The normalized spacial score (nSPS) is 19.9. The van der Waals surface area contributed by atoms with Gasteiger partial charge in [-0.05, 0) is 49.2 Å². The number of fused-ring (bicyclic) bond motifs is 1. The summed E-state index contributed by atoms with van der Waals surface area (Å²) in [7, 11) is -3.54. The minimum absolute atomic E-state index is 0.128. The van der Waals surface area contributed by atoms with Crippen molar-refractivity contribution in [2.75, 3.05) is 32.9 Å². The monoisotopic (exact) mass is 525 g/mol. The second-order valence-electron chi connectivity index (χ2n) is 8.92. The highest BCUT2D eigenvalue weighted by Crippen LogP contribution is 2.29. The quantitative estimate of drug-likeness (QED) is 0.373. The zero-order chi connectivity index (χ0) is 24.5. The van der Waals surface area contributed by atoms with Crippen molar-refractivity contribution in [1.29, 1.82) is 0 Å². The highest BCUT2D eigenvalue weighted by Gasteiger charge is 2.26. The summed E-state index contributed by atoms with van der Waals surface area (Å²) in [6.45, 7) is 3.04. The van der Waals surface area contributed by atoms with E-state index in [2.05, 4.69) is 16.0 Å². The Bertz CT molecular complexity index is 1490. The highest BCUT2D eigenvalue weighted by molar-refractivity contribution is 7.89. The maximum absolute atomic E-state index is 13.0. The molecule has 0 spiro atoms. The summed E-state index contributed by atoms with van der Waals surface area (Å²) in [5, 5.41) is 3.11. The molecule has 36 heavy (non-hydrogen) atoms. The number of ether oxygens (including phenoxy) is 2. The predicted octanol–water partition coefficient (Wildman–Crippen LogP) is 4.40. The summed E-state index contributed by atoms with van der Waals surface area (Å²) >= 11 is 1.53. The lowest BCUT2D eigenvalue weighted by Gasteiger charge is -2.26. The van der Waals surface area contributed by atoms with Crippen LogP contribution in [0.1, 0.15) is 12.8 Å². The average Bonchev–Trinajstić information content (AvgIpc) is 3.66. The van der Waals surface area contributed by atoms with Gasteiger partial charge in [-0.3, -0.25) is 0 Å². The third kappa shape index (κ3) is 4.67. The maximum Gasteiger partial charge on any atom is 0.243 e. The molecule has 0 aliphatic carbocycles. The first-order valence-corrected chi connectivity index (χ1v) is 14.4. The maximum atomic E-state index is 13.0. The number of benzene rings is 2. The number of para-hydroxylation sites is 1. The van der Waals surface area contributed by atoms with E-state index in [9.17, 15) is 8.42 Å². The topological polar surface area (TPSA) is 86.3 Å². The van der Waals surface area contributed by atoms with E-state index in [1.807, 2.05) is 24.3 Å². The van der Waals surface area contributed by atoms with Crippen molar-refractivity contribution < 1.29 is 22.3 Å². The molecule has 0 bridgehead atoms. The van der Waals surface area contributed by atoms with Crippen molar-refractivity contribution in [3.8, 4) is 11.5 Å². The van der Waals surface area contributed by atoms with Crippen LogP contribution in [0.4, 0.5) is 5.69 Å². The zero-order valence-corrected chi connectivity index (χ0v) is 21.3. The first-order chi connectivity index (χ1) is 17.6. The van der Waals surface area contributed by atoms with E-state index in [4.69, 9.17) is 18.9 Å². The number of morpholine rings is 1. The lowest BCUT2D eigenvalue weighted by atomic mass is 10.2. The minimum Gasteiger partial charge on any atom is -0.454 e. The molecule has 1 atom stereocenters. The summed E-state index contributed by atoms with van der Waals surface area (Å²) in [4.78, 5) is 5.95. The Kier molecular flexibility index (Phi) is 6.53. The molecule has 2 aromatic heterocycles.